The average molecular weight is 465 g/mol. The number of aliphatic hydroxyl groups excluding tert-OH is 2. The third-order valence-corrected chi connectivity index (χ3v) is 7.54. The molecule has 1 aromatic carbocycles. The highest BCUT2D eigenvalue weighted by molar-refractivity contribution is 5.90. The number of carboxylic acids is 2. The lowest BCUT2D eigenvalue weighted by molar-refractivity contribution is -0.185. The van der Waals surface area contributed by atoms with E-state index in [4.69, 9.17) is 29.9 Å². The number of aliphatic hydroxyl groups is 3. The third kappa shape index (κ3) is 3.14. The molecular weight excluding hydrogens is 438 g/mol. The lowest BCUT2D eigenvalue weighted by Crippen LogP contribution is -2.76. The molecule has 2 aliphatic heterocycles. The van der Waals surface area contributed by atoms with Crippen molar-refractivity contribution in [1.82, 2.24) is 4.90 Å². The first-order chi connectivity index (χ1) is 15.5. The molecule has 1 saturated carbocycles. The first kappa shape index (κ1) is 23.4. The van der Waals surface area contributed by atoms with Crippen LogP contribution in [-0.2, 0) is 26.2 Å². The third-order valence-electron chi connectivity index (χ3n) is 7.54. The van der Waals surface area contributed by atoms with Crippen LogP contribution in [0.1, 0.15) is 30.4 Å². The van der Waals surface area contributed by atoms with Crippen LogP contribution in [0.3, 0.4) is 0 Å². The zero-order chi connectivity index (χ0) is 24.3. The summed E-state index contributed by atoms with van der Waals surface area (Å²) in [5.41, 5.74) is 0.737. The van der Waals surface area contributed by atoms with Gasteiger partial charge in [0.25, 0.3) is 0 Å². The van der Waals surface area contributed by atoms with Crippen molar-refractivity contribution in [1.29, 1.82) is 0 Å². The van der Waals surface area contributed by atoms with Crippen molar-refractivity contribution in [2.75, 3.05) is 20.7 Å². The number of ketones is 1. The number of rotatable bonds is 4. The molecule has 0 amide bonds. The van der Waals surface area contributed by atoms with Crippen LogP contribution in [-0.4, -0.2) is 98.8 Å². The maximum absolute atomic E-state index is 12.7. The van der Waals surface area contributed by atoms with Crippen LogP contribution in [0.15, 0.2) is 12.1 Å². The molecule has 5 rings (SSSR count). The zero-order valence-electron chi connectivity index (χ0n) is 18.2. The molecule has 0 radical (unpaired) electrons. The number of carbonyl (C=O) groups is 3. The van der Waals surface area contributed by atoms with Gasteiger partial charge in [0.15, 0.2) is 35.6 Å². The number of hydrogen-bond acceptors (Lipinski definition) is 9. The van der Waals surface area contributed by atoms with E-state index in [1.54, 1.807) is 7.11 Å². The monoisotopic (exact) mass is 465 g/mol. The smallest absolute Gasteiger partial charge is 0.335 e. The molecule has 2 bridgehead atoms. The SMILES string of the molecule is COc1ccc2c3c1O[C@H]1C(=O)CC[C@@]4(O)[C@@H](C2)N(C)CC[C@]314.O=C(O)C(O)C(O)C(=O)O. The fourth-order valence-corrected chi connectivity index (χ4v) is 5.96. The molecule has 2 unspecified atom stereocenters. The van der Waals surface area contributed by atoms with Crippen LogP contribution >= 0.6 is 0 Å². The number of likely N-dealkylation sites (tertiary alicyclic amines) is 1. The molecule has 180 valence electrons. The van der Waals surface area contributed by atoms with E-state index in [0.717, 1.165) is 24.9 Å². The van der Waals surface area contributed by atoms with Crippen LogP contribution in [0.5, 0.6) is 11.5 Å². The van der Waals surface area contributed by atoms with Gasteiger partial charge in [-0.05, 0) is 44.5 Å². The summed E-state index contributed by atoms with van der Waals surface area (Å²) in [7, 11) is 3.70. The van der Waals surface area contributed by atoms with Gasteiger partial charge in [-0.15, -0.1) is 0 Å². The van der Waals surface area contributed by atoms with Gasteiger partial charge < -0.3 is 39.9 Å². The van der Waals surface area contributed by atoms with Crippen LogP contribution in [0.2, 0.25) is 0 Å². The van der Waals surface area contributed by atoms with Crippen molar-refractivity contribution in [3.05, 3.63) is 23.3 Å². The number of piperidine rings is 1. The minimum Gasteiger partial charge on any atom is -0.493 e. The molecule has 11 heteroatoms. The summed E-state index contributed by atoms with van der Waals surface area (Å²) < 4.78 is 11.6. The number of likely N-dealkylation sites (N-methyl/N-ethyl adjacent to an activating group) is 1. The summed E-state index contributed by atoms with van der Waals surface area (Å²) in [4.78, 5) is 34.4. The molecule has 2 aliphatic carbocycles. The maximum Gasteiger partial charge on any atom is 0.335 e. The fraction of sp³-hybridized carbons (Fsp3) is 0.591. The van der Waals surface area contributed by atoms with E-state index in [1.807, 2.05) is 6.07 Å². The topological polar surface area (TPSA) is 174 Å². The second-order valence-electron chi connectivity index (χ2n) is 9.01. The minimum atomic E-state index is -2.27. The molecule has 1 saturated heterocycles. The van der Waals surface area contributed by atoms with Gasteiger partial charge in [0.1, 0.15) is 0 Å². The molecule has 6 atom stereocenters. The largest absolute Gasteiger partial charge is 0.493 e. The number of ether oxygens (including phenoxy) is 2. The second kappa shape index (κ2) is 7.94. The van der Waals surface area contributed by atoms with Gasteiger partial charge in [-0.25, -0.2) is 9.59 Å². The van der Waals surface area contributed by atoms with Gasteiger partial charge in [-0.3, -0.25) is 4.79 Å². The van der Waals surface area contributed by atoms with Crippen LogP contribution in [0.25, 0.3) is 0 Å². The van der Waals surface area contributed by atoms with Gasteiger partial charge in [0.05, 0.1) is 18.1 Å². The average Bonchev–Trinajstić information content (AvgIpc) is 3.14. The number of nitrogens with zero attached hydrogens (tertiary/aromatic N) is 1. The fourth-order valence-electron chi connectivity index (χ4n) is 5.96. The van der Waals surface area contributed by atoms with Crippen molar-refractivity contribution >= 4 is 17.7 Å². The lowest BCUT2D eigenvalue weighted by atomic mass is 9.49. The van der Waals surface area contributed by atoms with Crippen LogP contribution < -0.4 is 9.47 Å². The van der Waals surface area contributed by atoms with Gasteiger partial charge in [-0.2, -0.15) is 0 Å². The Morgan fingerprint density at radius 2 is 1.82 bits per heavy atom. The summed E-state index contributed by atoms with van der Waals surface area (Å²) in [6, 6.07) is 4.05. The van der Waals surface area contributed by atoms with Crippen LogP contribution in [0, 0.1) is 0 Å². The molecule has 2 fully saturated rings. The van der Waals surface area contributed by atoms with Gasteiger partial charge >= 0.3 is 11.9 Å². The Morgan fingerprint density at radius 1 is 1.18 bits per heavy atom. The van der Waals surface area contributed by atoms with Crippen molar-refractivity contribution in [2.24, 2.45) is 0 Å². The minimum absolute atomic E-state index is 0.0438. The van der Waals surface area contributed by atoms with E-state index >= 15 is 0 Å². The molecule has 4 aliphatic rings. The first-order valence-electron chi connectivity index (χ1n) is 10.6. The predicted molar refractivity (Wildman–Crippen MR) is 110 cm³/mol. The van der Waals surface area contributed by atoms with Crippen molar-refractivity contribution < 1.29 is 49.4 Å². The van der Waals surface area contributed by atoms with E-state index in [1.165, 1.54) is 5.56 Å². The summed E-state index contributed by atoms with van der Waals surface area (Å²) in [6.45, 7) is 0.871. The second-order valence-corrected chi connectivity index (χ2v) is 9.01. The number of hydrogen-bond donors (Lipinski definition) is 5. The van der Waals surface area contributed by atoms with Gasteiger partial charge in [0.2, 0.25) is 0 Å². The highest BCUT2D eigenvalue weighted by Crippen LogP contribution is 2.64. The molecule has 2 heterocycles. The van der Waals surface area contributed by atoms with Crippen molar-refractivity contribution in [3.8, 4) is 11.5 Å². The molecule has 1 aromatic rings. The molecule has 11 nitrogen and oxygen atoms in total. The number of methoxy groups -OCH3 is 1. The summed E-state index contributed by atoms with van der Waals surface area (Å²) in [5.74, 6) is -2.07. The van der Waals surface area contributed by atoms with Crippen molar-refractivity contribution in [3.63, 3.8) is 0 Å². The summed E-state index contributed by atoms with van der Waals surface area (Å²) in [5, 5.41) is 44.3. The first-order valence-corrected chi connectivity index (χ1v) is 10.6. The molecular formula is C22H27NO10. The van der Waals surface area contributed by atoms with Gasteiger partial charge in [0, 0.05) is 18.0 Å². The number of Topliss-reactive ketones (excluding diaryl/α,β-unsaturated/α-hetero) is 1. The van der Waals surface area contributed by atoms with Crippen molar-refractivity contribution in [2.45, 2.75) is 61.1 Å². The van der Waals surface area contributed by atoms with E-state index in [0.29, 0.717) is 24.3 Å². The predicted octanol–water partition coefficient (Wildman–Crippen LogP) is -1.07. The maximum atomic E-state index is 12.7. The summed E-state index contributed by atoms with van der Waals surface area (Å²) in [6.07, 6.45) is -2.64. The standard InChI is InChI=1S/C18H21NO4.C4H6O6/c1-19-8-7-17-14-10-3-4-12(22-2)15(14)23-16(17)11(20)5-6-18(17,21)13(19)9-10;5-1(3(7)8)2(6)4(9)10/h3-4,13,16,21H,5-9H2,1-2H3;1-2,5-6H,(H,7,8)(H,9,10)/t13-,16+,17+,18-;/m1./s1. The van der Waals surface area contributed by atoms with Gasteiger partial charge in [-0.1, -0.05) is 6.07 Å². The Kier molecular flexibility index (Phi) is 5.64. The Labute approximate surface area is 189 Å². The number of carbonyl (C=O) groups excluding carboxylic acids is 1. The lowest BCUT2D eigenvalue weighted by Gasteiger charge is -2.62. The van der Waals surface area contributed by atoms with E-state index in [2.05, 4.69) is 18.0 Å². The molecule has 33 heavy (non-hydrogen) atoms. The van der Waals surface area contributed by atoms with Crippen LogP contribution in [0.4, 0.5) is 0 Å². The zero-order valence-corrected chi connectivity index (χ0v) is 18.2. The Hall–Kier alpha value is -2.73. The number of benzene rings is 1. The van der Waals surface area contributed by atoms with E-state index in [-0.39, 0.29) is 11.8 Å². The normalized spacial score (nSPS) is 33.1. The highest BCUT2D eigenvalue weighted by atomic mass is 16.5. The number of carboxylic acid groups (broad SMARTS) is 2. The number of aliphatic carboxylic acids is 2. The van der Waals surface area contributed by atoms with E-state index in [9.17, 15) is 19.5 Å². The Bertz CT molecular complexity index is 993. The quantitative estimate of drug-likeness (QED) is 0.366. The molecule has 0 aromatic heterocycles. The molecule has 5 N–H and O–H groups in total. The Morgan fingerprint density at radius 3 is 2.39 bits per heavy atom. The summed E-state index contributed by atoms with van der Waals surface area (Å²) >= 11 is 0. The Balaban J connectivity index is 0.000000223. The molecule has 1 spiro atoms. The van der Waals surface area contributed by atoms with E-state index < -0.39 is 41.3 Å². The highest BCUT2D eigenvalue weighted by Gasteiger charge is 2.72.